The summed E-state index contributed by atoms with van der Waals surface area (Å²) in [5, 5.41) is 21.3. The van der Waals surface area contributed by atoms with E-state index in [1.54, 1.807) is 6.92 Å². The molecule has 3 aliphatic carbocycles. The summed E-state index contributed by atoms with van der Waals surface area (Å²) in [7, 11) is 0. The van der Waals surface area contributed by atoms with Crippen molar-refractivity contribution >= 4 is 5.97 Å². The highest BCUT2D eigenvalue weighted by Gasteiger charge is 2.67. The fourth-order valence-corrected chi connectivity index (χ4v) is 7.14. The van der Waals surface area contributed by atoms with Gasteiger partial charge >= 0.3 is 5.97 Å². The maximum atomic E-state index is 11.3. The van der Waals surface area contributed by atoms with Gasteiger partial charge in [0.2, 0.25) is 0 Å². The molecule has 4 rings (SSSR count). The third kappa shape index (κ3) is 3.44. The van der Waals surface area contributed by atoms with E-state index in [1.165, 1.54) is 13.3 Å². The summed E-state index contributed by atoms with van der Waals surface area (Å²) in [5.74, 6) is 2.76. The Morgan fingerprint density at radius 3 is 2.38 bits per heavy atom. The van der Waals surface area contributed by atoms with Crippen molar-refractivity contribution in [3.05, 3.63) is 0 Å². The van der Waals surface area contributed by atoms with E-state index in [0.29, 0.717) is 23.2 Å². The lowest BCUT2D eigenvalue weighted by molar-refractivity contribution is -0.328. The summed E-state index contributed by atoms with van der Waals surface area (Å²) in [6, 6.07) is 0. The number of rotatable bonds is 3. The molecule has 1 heterocycles. The van der Waals surface area contributed by atoms with Crippen molar-refractivity contribution in [2.75, 3.05) is 0 Å². The van der Waals surface area contributed by atoms with E-state index in [2.05, 4.69) is 27.7 Å². The van der Waals surface area contributed by atoms with Crippen molar-refractivity contribution < 1.29 is 29.2 Å². The van der Waals surface area contributed by atoms with Crippen LogP contribution in [0.3, 0.4) is 0 Å². The maximum Gasteiger partial charge on any atom is 0.303 e. The highest BCUT2D eigenvalue weighted by Crippen LogP contribution is 2.71. The summed E-state index contributed by atoms with van der Waals surface area (Å²) in [5.41, 5.74) is 0.0317. The molecule has 4 fully saturated rings. The standard InChI is InChI=1S/C23H38O6/c1-11-7-8-14-16(11)17-15(22(17,4)5)9-10-23(14,6)29-21-19(26)18(25)20(12(2)27-21)28-13(3)24/h11-12,14-21,25-26H,7-10H2,1-6H3/t11-,12-,14+,15-,16-,17-,18-,19+,20-,21-,23+/m1/s1. The minimum Gasteiger partial charge on any atom is -0.457 e. The number of esters is 1. The molecule has 29 heavy (non-hydrogen) atoms. The van der Waals surface area contributed by atoms with Gasteiger partial charge in [-0.1, -0.05) is 27.2 Å². The molecule has 0 radical (unpaired) electrons. The van der Waals surface area contributed by atoms with Gasteiger partial charge in [-0.15, -0.1) is 0 Å². The van der Waals surface area contributed by atoms with E-state index in [0.717, 1.165) is 31.1 Å². The monoisotopic (exact) mass is 410 g/mol. The van der Waals surface area contributed by atoms with Crippen LogP contribution in [0.15, 0.2) is 0 Å². The Morgan fingerprint density at radius 2 is 1.72 bits per heavy atom. The Kier molecular flexibility index (Phi) is 5.33. The molecule has 3 saturated carbocycles. The van der Waals surface area contributed by atoms with Crippen molar-refractivity contribution in [1.82, 2.24) is 0 Å². The average Bonchev–Trinajstić information content (AvgIpc) is 3.00. The van der Waals surface area contributed by atoms with E-state index >= 15 is 0 Å². The topological polar surface area (TPSA) is 85.2 Å². The summed E-state index contributed by atoms with van der Waals surface area (Å²) >= 11 is 0. The summed E-state index contributed by atoms with van der Waals surface area (Å²) in [6.45, 7) is 12.4. The Hall–Kier alpha value is -0.690. The number of hydrogen-bond acceptors (Lipinski definition) is 6. The lowest BCUT2D eigenvalue weighted by Gasteiger charge is -2.47. The van der Waals surface area contributed by atoms with Gasteiger partial charge < -0.3 is 24.4 Å². The second kappa shape index (κ2) is 7.18. The van der Waals surface area contributed by atoms with Gasteiger partial charge in [-0.05, 0) is 68.1 Å². The predicted octanol–water partition coefficient (Wildman–Crippen LogP) is 2.89. The summed E-state index contributed by atoms with van der Waals surface area (Å²) in [6.07, 6.45) is -0.420. The van der Waals surface area contributed by atoms with Crippen LogP contribution in [0.5, 0.6) is 0 Å². The minimum absolute atomic E-state index is 0.391. The first-order valence-electron chi connectivity index (χ1n) is 11.3. The quantitative estimate of drug-likeness (QED) is 0.696. The van der Waals surface area contributed by atoms with Crippen LogP contribution in [0.25, 0.3) is 0 Å². The lowest BCUT2D eigenvalue weighted by Crippen LogP contribution is -2.60. The molecular formula is C23H38O6. The second-order valence-corrected chi connectivity index (χ2v) is 10.9. The first-order chi connectivity index (χ1) is 13.5. The maximum absolute atomic E-state index is 11.3. The van der Waals surface area contributed by atoms with E-state index in [9.17, 15) is 15.0 Å². The zero-order valence-electron chi connectivity index (χ0n) is 18.6. The van der Waals surface area contributed by atoms with Crippen LogP contribution in [-0.4, -0.2) is 52.5 Å². The number of fused-ring (bicyclic) bond motifs is 3. The highest BCUT2D eigenvalue weighted by atomic mass is 16.7. The lowest BCUT2D eigenvalue weighted by atomic mass is 9.74. The first kappa shape index (κ1) is 21.5. The molecule has 0 unspecified atom stereocenters. The van der Waals surface area contributed by atoms with Gasteiger partial charge in [0.1, 0.15) is 12.2 Å². The van der Waals surface area contributed by atoms with Gasteiger partial charge in [-0.3, -0.25) is 4.79 Å². The number of ether oxygens (including phenoxy) is 3. The Balaban J connectivity index is 1.52. The normalized spacial score (nSPS) is 53.5. The number of aliphatic hydroxyl groups is 2. The highest BCUT2D eigenvalue weighted by molar-refractivity contribution is 5.66. The molecule has 0 spiro atoms. The van der Waals surface area contributed by atoms with Gasteiger partial charge in [0.25, 0.3) is 0 Å². The molecule has 6 heteroatoms. The molecule has 0 aromatic heterocycles. The molecule has 1 aliphatic heterocycles. The summed E-state index contributed by atoms with van der Waals surface area (Å²) in [4.78, 5) is 11.3. The SMILES string of the molecule is CC(=O)O[C@H]1[C@H](O)[C@H](O)[C@@H](O[C@@]2(C)CC[C@@H]3[C@H]([C@@H]4[C@H](C)CC[C@@H]42)C3(C)C)O[C@@H]1C. The summed E-state index contributed by atoms with van der Waals surface area (Å²) < 4.78 is 17.6. The van der Waals surface area contributed by atoms with E-state index < -0.39 is 42.3 Å². The van der Waals surface area contributed by atoms with Crippen LogP contribution in [0.1, 0.15) is 67.2 Å². The molecule has 0 bridgehead atoms. The molecule has 1 saturated heterocycles. The molecule has 0 aromatic rings. The molecule has 4 aliphatic rings. The zero-order valence-corrected chi connectivity index (χ0v) is 18.6. The smallest absolute Gasteiger partial charge is 0.303 e. The number of hydrogen-bond donors (Lipinski definition) is 2. The van der Waals surface area contributed by atoms with Crippen LogP contribution in [0, 0.1) is 35.0 Å². The number of aliphatic hydroxyl groups excluding tert-OH is 2. The third-order valence-corrected chi connectivity index (χ3v) is 8.81. The van der Waals surface area contributed by atoms with E-state index in [-0.39, 0.29) is 0 Å². The van der Waals surface area contributed by atoms with Crippen molar-refractivity contribution in [1.29, 1.82) is 0 Å². The fourth-order valence-electron chi connectivity index (χ4n) is 7.14. The van der Waals surface area contributed by atoms with Crippen molar-refractivity contribution in [2.24, 2.45) is 35.0 Å². The molecule has 0 amide bonds. The van der Waals surface area contributed by atoms with Gasteiger partial charge in [-0.2, -0.15) is 0 Å². The van der Waals surface area contributed by atoms with Gasteiger partial charge in [-0.25, -0.2) is 0 Å². The number of carbonyl (C=O) groups excluding carboxylic acids is 1. The van der Waals surface area contributed by atoms with Crippen LogP contribution in [0.4, 0.5) is 0 Å². The molecular weight excluding hydrogens is 372 g/mol. The van der Waals surface area contributed by atoms with E-state index in [1.807, 2.05) is 0 Å². The van der Waals surface area contributed by atoms with Crippen LogP contribution in [-0.2, 0) is 19.0 Å². The molecule has 11 atom stereocenters. The van der Waals surface area contributed by atoms with Gasteiger partial charge in [0, 0.05) is 6.92 Å². The predicted molar refractivity (Wildman–Crippen MR) is 107 cm³/mol. The largest absolute Gasteiger partial charge is 0.457 e. The van der Waals surface area contributed by atoms with Crippen molar-refractivity contribution in [3.63, 3.8) is 0 Å². The molecule has 0 aromatic carbocycles. The molecule has 166 valence electrons. The number of carbonyl (C=O) groups is 1. The second-order valence-electron chi connectivity index (χ2n) is 10.9. The first-order valence-corrected chi connectivity index (χ1v) is 11.3. The van der Waals surface area contributed by atoms with Crippen LogP contribution < -0.4 is 0 Å². The van der Waals surface area contributed by atoms with Crippen LogP contribution in [0.2, 0.25) is 0 Å². The molecule has 2 N–H and O–H groups in total. The zero-order chi connectivity index (χ0) is 21.3. The van der Waals surface area contributed by atoms with Crippen molar-refractivity contribution in [3.8, 4) is 0 Å². The third-order valence-electron chi connectivity index (χ3n) is 8.81. The van der Waals surface area contributed by atoms with Gasteiger partial charge in [0.15, 0.2) is 12.4 Å². The Bertz CT molecular complexity index is 649. The van der Waals surface area contributed by atoms with E-state index in [4.69, 9.17) is 14.2 Å². The average molecular weight is 411 g/mol. The fraction of sp³-hybridized carbons (Fsp3) is 0.957. The Labute approximate surface area is 174 Å². The Morgan fingerprint density at radius 1 is 1.03 bits per heavy atom. The van der Waals surface area contributed by atoms with Crippen LogP contribution >= 0.6 is 0 Å². The molecule has 6 nitrogen and oxygen atoms in total. The van der Waals surface area contributed by atoms with Gasteiger partial charge in [0.05, 0.1) is 11.7 Å². The minimum atomic E-state index is -1.25. The van der Waals surface area contributed by atoms with Crippen molar-refractivity contribution in [2.45, 2.75) is 104 Å².